The smallest absolute Gasteiger partial charge is 0.363 e. The molecule has 0 bridgehead atoms. The molecule has 1 aromatic carbocycles. The molecule has 49 heavy (non-hydrogen) atoms. The van der Waals surface area contributed by atoms with Crippen molar-refractivity contribution in [1.82, 2.24) is 20.1 Å². The highest BCUT2D eigenvalue weighted by Crippen LogP contribution is 2.58. The van der Waals surface area contributed by atoms with Gasteiger partial charge in [-0.2, -0.15) is 5.26 Å². The second kappa shape index (κ2) is 12.8. The van der Waals surface area contributed by atoms with Gasteiger partial charge in [-0.1, -0.05) is 18.9 Å². The van der Waals surface area contributed by atoms with Crippen LogP contribution in [-0.2, 0) is 14.2 Å². The Labute approximate surface area is 286 Å². The number of fused-ring (bicyclic) bond motifs is 2. The van der Waals surface area contributed by atoms with Crippen molar-refractivity contribution in [3.05, 3.63) is 58.7 Å². The van der Waals surface area contributed by atoms with E-state index >= 15 is 0 Å². The van der Waals surface area contributed by atoms with E-state index < -0.39 is 43.0 Å². The number of amides is 3. The lowest BCUT2D eigenvalue weighted by atomic mass is 9.85. The fourth-order valence-electron chi connectivity index (χ4n) is 8.14. The first kappa shape index (κ1) is 33.6. The van der Waals surface area contributed by atoms with Crippen molar-refractivity contribution in [1.29, 1.82) is 5.26 Å². The number of alkyl halides is 1. The molecule has 6 atom stereocenters. The maximum atomic E-state index is 14.5. The molecular formula is C34H37FN5O7PS. The fraction of sp³-hybridized carbons (Fsp3) is 0.500. The number of ether oxygens (including phenoxy) is 1. The maximum Gasteiger partial charge on any atom is 0.363 e. The molecule has 3 saturated heterocycles. The molecule has 3 aliphatic heterocycles. The summed E-state index contributed by atoms with van der Waals surface area (Å²) in [6.07, 6.45) is 8.68. The van der Waals surface area contributed by atoms with E-state index in [0.717, 1.165) is 49.0 Å². The Balaban J connectivity index is 1.11. The van der Waals surface area contributed by atoms with E-state index in [1.807, 2.05) is 11.0 Å². The van der Waals surface area contributed by atoms with Gasteiger partial charge in [0.25, 0.3) is 5.91 Å². The predicted molar refractivity (Wildman–Crippen MR) is 177 cm³/mol. The van der Waals surface area contributed by atoms with Crippen molar-refractivity contribution in [2.45, 2.75) is 86.9 Å². The Morgan fingerprint density at radius 1 is 1.16 bits per heavy atom. The van der Waals surface area contributed by atoms with E-state index in [9.17, 15) is 38.4 Å². The van der Waals surface area contributed by atoms with Crippen LogP contribution in [0.4, 0.5) is 4.39 Å². The minimum atomic E-state index is -5.00. The number of aromatic nitrogens is 1. The van der Waals surface area contributed by atoms with Crippen LogP contribution in [0, 0.1) is 17.2 Å². The summed E-state index contributed by atoms with van der Waals surface area (Å²) < 4.78 is 31.8. The summed E-state index contributed by atoms with van der Waals surface area (Å²) in [7, 11) is -3.44. The first-order valence-electron chi connectivity index (χ1n) is 16.5. The summed E-state index contributed by atoms with van der Waals surface area (Å²) >= 11 is 1.13. The van der Waals surface area contributed by atoms with Crippen molar-refractivity contribution in [2.24, 2.45) is 5.92 Å². The Kier molecular flexibility index (Phi) is 8.76. The quantitative estimate of drug-likeness (QED) is 0.292. The van der Waals surface area contributed by atoms with Gasteiger partial charge in [0.15, 0.2) is 0 Å². The van der Waals surface area contributed by atoms with E-state index in [-0.39, 0.29) is 34.2 Å². The number of carbonyl (C=O) groups is 3. The van der Waals surface area contributed by atoms with Crippen LogP contribution >= 0.6 is 18.9 Å². The topological polar surface area (TPSA) is 173 Å². The SMILES string of the molecule is COc1cncc([C@H]2CN(C(=O)[C@@H]3CC[C@@H]4CCCC[C@H](NC(=O)c5cc6cc([C@H](F)P(=O)(O)O)ccc6s5)C(=O)N43)C3(CC3)[C@@H]2C#N)c1. The summed E-state index contributed by atoms with van der Waals surface area (Å²) in [5, 5.41) is 13.7. The second-order valence-corrected chi connectivity index (χ2v) is 16.3. The van der Waals surface area contributed by atoms with Gasteiger partial charge in [0.1, 0.15) is 17.8 Å². The maximum absolute atomic E-state index is 14.5. The first-order valence-corrected chi connectivity index (χ1v) is 19.0. The summed E-state index contributed by atoms with van der Waals surface area (Å²) in [6, 6.07) is 8.30. The minimum Gasteiger partial charge on any atom is -0.495 e. The van der Waals surface area contributed by atoms with Crippen LogP contribution in [0.1, 0.15) is 84.0 Å². The number of nitriles is 1. The van der Waals surface area contributed by atoms with Crippen LogP contribution in [0.2, 0.25) is 0 Å². The van der Waals surface area contributed by atoms with Crippen molar-refractivity contribution in [3.8, 4) is 11.8 Å². The van der Waals surface area contributed by atoms with Crippen molar-refractivity contribution >= 4 is 46.7 Å². The number of nitrogens with zero attached hydrogens (tertiary/aromatic N) is 4. The van der Waals surface area contributed by atoms with Crippen LogP contribution < -0.4 is 10.1 Å². The number of hydrogen-bond acceptors (Lipinski definition) is 8. The van der Waals surface area contributed by atoms with Gasteiger partial charge in [-0.15, -0.1) is 11.3 Å². The lowest BCUT2D eigenvalue weighted by Crippen LogP contribution is -2.57. The number of nitrogens with one attached hydrogen (secondary N) is 1. The van der Waals surface area contributed by atoms with Crippen molar-refractivity contribution < 1.29 is 37.9 Å². The Hall–Kier alpha value is -3.89. The van der Waals surface area contributed by atoms with Gasteiger partial charge in [-0.05, 0) is 79.3 Å². The van der Waals surface area contributed by atoms with Gasteiger partial charge in [0, 0.05) is 29.4 Å². The zero-order valence-electron chi connectivity index (χ0n) is 26.8. The van der Waals surface area contributed by atoms with E-state index in [2.05, 4.69) is 16.4 Å². The predicted octanol–water partition coefficient (Wildman–Crippen LogP) is 4.78. The number of thiophene rings is 1. The average Bonchev–Trinajstić information content (AvgIpc) is 3.43. The number of rotatable bonds is 7. The number of halogens is 1. The highest BCUT2D eigenvalue weighted by Gasteiger charge is 2.64. The number of pyridine rings is 1. The molecule has 15 heteroatoms. The number of methoxy groups -OCH3 is 1. The normalized spacial score (nSPS) is 26.9. The molecule has 3 aromatic rings. The van der Waals surface area contributed by atoms with Crippen LogP contribution in [0.15, 0.2) is 42.7 Å². The molecule has 12 nitrogen and oxygen atoms in total. The summed E-state index contributed by atoms with van der Waals surface area (Å²) in [5.74, 6) is -3.49. The molecular weight excluding hydrogens is 672 g/mol. The molecule has 3 amide bonds. The third kappa shape index (κ3) is 6.01. The molecule has 1 spiro atoms. The number of likely N-dealkylation sites (tertiary alicyclic amines) is 1. The molecule has 0 unspecified atom stereocenters. The first-order chi connectivity index (χ1) is 23.4. The Bertz CT molecular complexity index is 1910. The zero-order chi connectivity index (χ0) is 34.7. The van der Waals surface area contributed by atoms with Gasteiger partial charge in [-0.3, -0.25) is 23.9 Å². The minimum absolute atomic E-state index is 0.130. The molecule has 7 rings (SSSR count). The summed E-state index contributed by atoms with van der Waals surface area (Å²) in [5.41, 5.74) is 0.0757. The van der Waals surface area contributed by atoms with Gasteiger partial charge < -0.3 is 29.6 Å². The zero-order valence-corrected chi connectivity index (χ0v) is 28.5. The lowest BCUT2D eigenvalue weighted by Gasteiger charge is -2.37. The molecule has 1 aliphatic carbocycles. The third-order valence-corrected chi connectivity index (χ3v) is 12.7. The number of hydrogen-bond donors (Lipinski definition) is 3. The summed E-state index contributed by atoms with van der Waals surface area (Å²) in [4.78, 5) is 68.9. The monoisotopic (exact) mass is 709 g/mol. The highest BCUT2D eigenvalue weighted by molar-refractivity contribution is 7.51. The Morgan fingerprint density at radius 2 is 1.94 bits per heavy atom. The van der Waals surface area contributed by atoms with Crippen molar-refractivity contribution in [3.63, 3.8) is 0 Å². The highest BCUT2D eigenvalue weighted by atomic mass is 32.1. The van der Waals surface area contributed by atoms with Gasteiger partial charge in [-0.25, -0.2) is 4.39 Å². The van der Waals surface area contributed by atoms with E-state index in [1.54, 1.807) is 24.4 Å². The third-order valence-electron chi connectivity index (χ3n) is 10.7. The molecule has 258 valence electrons. The molecule has 4 aliphatic rings. The van der Waals surface area contributed by atoms with Gasteiger partial charge >= 0.3 is 7.60 Å². The average molecular weight is 710 g/mol. The fourth-order valence-corrected chi connectivity index (χ4v) is 9.63. The van der Waals surface area contributed by atoms with Crippen molar-refractivity contribution in [2.75, 3.05) is 13.7 Å². The van der Waals surface area contributed by atoms with Gasteiger partial charge in [0.2, 0.25) is 17.7 Å². The second-order valence-electron chi connectivity index (χ2n) is 13.6. The van der Waals surface area contributed by atoms with Gasteiger partial charge in [0.05, 0.1) is 35.7 Å². The molecule has 2 aromatic heterocycles. The molecule has 0 radical (unpaired) electrons. The van der Waals surface area contributed by atoms with E-state index in [4.69, 9.17) is 4.74 Å². The van der Waals surface area contributed by atoms with Crippen LogP contribution in [0.5, 0.6) is 5.75 Å². The van der Waals surface area contributed by atoms with E-state index in [1.165, 1.54) is 24.3 Å². The standard InChI is InChI=1S/C34H37FN5O7PS/c1-47-23-13-21(16-37-17-23)24-18-39(34(10-11-34)25(24)15-36)33(43)27-8-7-22-4-2-3-5-26(32(42)40(22)27)38-31(41)29-14-20-12-19(6-9-28(20)49-29)30(35)48(44,45)46/h6,9,12-14,16-17,22,24-27,30H,2-5,7-8,10-11,18H2,1H3,(H,38,41)(H2,44,45,46)/t22-,24+,25+,26-,27-,30+/m0/s1. The molecule has 3 N–H and O–H groups in total. The number of carbonyl (C=O) groups excluding carboxylic acids is 3. The van der Waals surface area contributed by atoms with Crippen LogP contribution in [0.25, 0.3) is 10.1 Å². The summed E-state index contributed by atoms with van der Waals surface area (Å²) in [6.45, 7) is 0.347. The van der Waals surface area contributed by atoms with Crippen LogP contribution in [0.3, 0.4) is 0 Å². The van der Waals surface area contributed by atoms with Crippen LogP contribution in [-0.4, -0.2) is 79.6 Å². The number of benzene rings is 1. The lowest BCUT2D eigenvalue weighted by molar-refractivity contribution is -0.148. The largest absolute Gasteiger partial charge is 0.495 e. The Morgan fingerprint density at radius 3 is 2.65 bits per heavy atom. The molecule has 4 fully saturated rings. The molecule has 5 heterocycles. The molecule has 1 saturated carbocycles. The van der Waals surface area contributed by atoms with E-state index in [0.29, 0.717) is 41.6 Å².